The van der Waals surface area contributed by atoms with Crippen molar-refractivity contribution in [1.29, 1.82) is 0 Å². The molecule has 0 radical (unpaired) electrons. The van der Waals surface area contributed by atoms with E-state index in [2.05, 4.69) is 12.2 Å². The summed E-state index contributed by atoms with van der Waals surface area (Å²) in [5.74, 6) is 5.43. The summed E-state index contributed by atoms with van der Waals surface area (Å²) in [6.07, 6.45) is 7.24. The van der Waals surface area contributed by atoms with Gasteiger partial charge in [-0.2, -0.15) is 0 Å². The molecule has 2 bridgehead atoms. The molecule has 0 unspecified atom stereocenters. The molecule has 0 amide bonds. The van der Waals surface area contributed by atoms with Crippen molar-refractivity contribution in [3.63, 3.8) is 0 Å². The molecule has 3 heteroatoms. The molecule has 80 valence electrons. The summed E-state index contributed by atoms with van der Waals surface area (Å²) in [5.41, 5.74) is 0. The lowest BCUT2D eigenvalue weighted by Gasteiger charge is -2.54. The molecule has 0 aromatic heterocycles. The first-order chi connectivity index (χ1) is 7.33. The quantitative estimate of drug-likeness (QED) is 0.604. The van der Waals surface area contributed by atoms with Gasteiger partial charge in [0.25, 0.3) is 0 Å². The molecule has 15 heavy (non-hydrogen) atoms. The second-order valence-electron chi connectivity index (χ2n) is 5.08. The molecular weight excluding hydrogens is 224 g/mol. The lowest BCUT2D eigenvalue weighted by Crippen LogP contribution is -2.61. The van der Waals surface area contributed by atoms with Crippen molar-refractivity contribution >= 4 is 29.3 Å². The molecule has 4 aliphatic rings. The van der Waals surface area contributed by atoms with Crippen molar-refractivity contribution in [2.24, 2.45) is 23.7 Å². The van der Waals surface area contributed by atoms with Crippen LogP contribution in [0.5, 0.6) is 0 Å². The van der Waals surface area contributed by atoms with Crippen LogP contribution in [-0.4, -0.2) is 21.4 Å². The number of hydrogen-bond acceptors (Lipinski definition) is 3. The molecule has 4 atom stereocenters. The highest BCUT2D eigenvalue weighted by Crippen LogP contribution is 2.69. The number of Topliss-reactive ketones (excluding diaryl/α,β-unsaturated/α-hetero) is 1. The van der Waals surface area contributed by atoms with Crippen molar-refractivity contribution in [2.45, 2.75) is 16.9 Å². The topological polar surface area (TPSA) is 17.1 Å². The fourth-order valence-electron chi connectivity index (χ4n) is 3.88. The highest BCUT2D eigenvalue weighted by molar-refractivity contribution is 8.20. The number of hydrogen-bond donors (Lipinski definition) is 0. The van der Waals surface area contributed by atoms with E-state index in [1.165, 1.54) is 24.3 Å². The van der Waals surface area contributed by atoms with Gasteiger partial charge in [-0.3, -0.25) is 4.79 Å². The molecule has 1 saturated heterocycles. The summed E-state index contributed by atoms with van der Waals surface area (Å²) in [6.45, 7) is 0. The minimum Gasteiger partial charge on any atom is -0.297 e. The standard InChI is InChI=1S/C12H14OS2/c13-11-9-7-2-3-8(6-7)10(9)12(11)14-4-1-5-15-12/h2-3,7-10H,1,4-6H2/t7-,8+,9-,10+/m1/s1. The summed E-state index contributed by atoms with van der Waals surface area (Å²) >= 11 is 3.91. The Morgan fingerprint density at radius 1 is 1.20 bits per heavy atom. The maximum atomic E-state index is 12.3. The van der Waals surface area contributed by atoms with E-state index < -0.39 is 0 Å². The van der Waals surface area contributed by atoms with Gasteiger partial charge in [-0.25, -0.2) is 0 Å². The van der Waals surface area contributed by atoms with Gasteiger partial charge in [0.15, 0.2) is 5.78 Å². The SMILES string of the molecule is O=C1[C@H]2[C@H]([C@H]3C=C[C@@H]2C3)C12SCCCS2. The lowest BCUT2D eigenvalue weighted by molar-refractivity contribution is -0.135. The summed E-state index contributed by atoms with van der Waals surface area (Å²) < 4.78 is 0.00704. The Hall–Kier alpha value is 0.110. The Morgan fingerprint density at radius 3 is 2.73 bits per heavy atom. The van der Waals surface area contributed by atoms with E-state index in [4.69, 9.17) is 0 Å². The number of thioether (sulfide) groups is 2. The molecule has 3 aliphatic carbocycles. The Kier molecular flexibility index (Phi) is 1.75. The summed E-state index contributed by atoms with van der Waals surface area (Å²) in [6, 6.07) is 0. The largest absolute Gasteiger partial charge is 0.297 e. The first kappa shape index (κ1) is 9.17. The van der Waals surface area contributed by atoms with Gasteiger partial charge in [0, 0.05) is 11.8 Å². The van der Waals surface area contributed by atoms with Gasteiger partial charge >= 0.3 is 0 Å². The third-order valence-corrected chi connectivity index (χ3v) is 7.96. The van der Waals surface area contributed by atoms with Crippen LogP contribution >= 0.6 is 23.5 Å². The lowest BCUT2D eigenvalue weighted by atomic mass is 9.66. The van der Waals surface area contributed by atoms with Crippen LogP contribution in [0, 0.1) is 23.7 Å². The summed E-state index contributed by atoms with van der Waals surface area (Å²) in [4.78, 5) is 12.3. The Bertz CT molecular complexity index is 357. The fraction of sp³-hybridized carbons (Fsp3) is 0.750. The number of ketones is 1. The monoisotopic (exact) mass is 238 g/mol. The van der Waals surface area contributed by atoms with Gasteiger partial charge in [0.2, 0.25) is 0 Å². The number of allylic oxidation sites excluding steroid dienone is 2. The maximum absolute atomic E-state index is 12.3. The van der Waals surface area contributed by atoms with Gasteiger partial charge in [0.05, 0.1) is 0 Å². The molecule has 2 saturated carbocycles. The van der Waals surface area contributed by atoms with Crippen LogP contribution in [-0.2, 0) is 4.79 Å². The molecule has 0 N–H and O–H groups in total. The summed E-state index contributed by atoms with van der Waals surface area (Å²) in [7, 11) is 0. The van der Waals surface area contributed by atoms with E-state index in [0.29, 0.717) is 23.5 Å². The average Bonchev–Trinajstić information content (AvgIpc) is 2.88. The van der Waals surface area contributed by atoms with Gasteiger partial charge in [-0.1, -0.05) is 12.2 Å². The van der Waals surface area contributed by atoms with Crippen LogP contribution in [0.1, 0.15) is 12.8 Å². The normalized spacial score (nSPS) is 49.5. The number of carbonyl (C=O) groups is 1. The Morgan fingerprint density at radius 2 is 1.93 bits per heavy atom. The zero-order chi connectivity index (χ0) is 10.0. The molecule has 0 aromatic rings. The summed E-state index contributed by atoms with van der Waals surface area (Å²) in [5, 5.41) is 0. The van der Waals surface area contributed by atoms with Crippen LogP contribution in [0.3, 0.4) is 0 Å². The second kappa shape index (κ2) is 2.86. The van der Waals surface area contributed by atoms with E-state index in [1.807, 2.05) is 23.5 Å². The van der Waals surface area contributed by atoms with Crippen LogP contribution in [0.2, 0.25) is 0 Å². The molecular formula is C12H14OS2. The molecule has 3 fully saturated rings. The smallest absolute Gasteiger partial charge is 0.163 e. The second-order valence-corrected chi connectivity index (χ2v) is 8.02. The zero-order valence-corrected chi connectivity index (χ0v) is 10.2. The van der Waals surface area contributed by atoms with E-state index in [9.17, 15) is 4.79 Å². The highest BCUT2D eigenvalue weighted by Gasteiger charge is 2.70. The van der Waals surface area contributed by atoms with E-state index in [-0.39, 0.29) is 4.08 Å². The number of fused-ring (bicyclic) bond motifs is 6. The average molecular weight is 238 g/mol. The van der Waals surface area contributed by atoms with Gasteiger partial charge < -0.3 is 0 Å². The van der Waals surface area contributed by atoms with Gasteiger partial charge in [-0.05, 0) is 36.2 Å². The molecule has 0 aromatic carbocycles. The van der Waals surface area contributed by atoms with Crippen molar-refractivity contribution in [3.05, 3.63) is 12.2 Å². The van der Waals surface area contributed by atoms with Crippen LogP contribution in [0.15, 0.2) is 12.2 Å². The predicted octanol–water partition coefficient (Wildman–Crippen LogP) is 2.57. The minimum atomic E-state index is 0.00704. The van der Waals surface area contributed by atoms with Crippen LogP contribution in [0.4, 0.5) is 0 Å². The van der Waals surface area contributed by atoms with Crippen molar-refractivity contribution in [2.75, 3.05) is 11.5 Å². The van der Waals surface area contributed by atoms with Crippen molar-refractivity contribution in [3.8, 4) is 0 Å². The first-order valence-corrected chi connectivity index (χ1v) is 7.80. The molecule has 1 nitrogen and oxygen atoms in total. The molecule has 1 aliphatic heterocycles. The van der Waals surface area contributed by atoms with E-state index in [0.717, 1.165) is 5.92 Å². The Labute approximate surface area is 98.4 Å². The third-order valence-electron chi connectivity index (χ3n) is 4.47. The molecule has 1 spiro atoms. The van der Waals surface area contributed by atoms with Gasteiger partial charge in [-0.15, -0.1) is 23.5 Å². The zero-order valence-electron chi connectivity index (χ0n) is 8.52. The van der Waals surface area contributed by atoms with Crippen molar-refractivity contribution in [1.82, 2.24) is 0 Å². The van der Waals surface area contributed by atoms with E-state index >= 15 is 0 Å². The first-order valence-electron chi connectivity index (χ1n) is 5.83. The highest BCUT2D eigenvalue weighted by atomic mass is 32.2. The third kappa shape index (κ3) is 0.932. The van der Waals surface area contributed by atoms with Crippen LogP contribution in [0.25, 0.3) is 0 Å². The predicted molar refractivity (Wildman–Crippen MR) is 65.0 cm³/mol. The molecule has 1 heterocycles. The minimum absolute atomic E-state index is 0.00704. The molecule has 4 rings (SSSR count). The fourth-order valence-corrected chi connectivity index (χ4v) is 7.67. The van der Waals surface area contributed by atoms with Crippen LogP contribution < -0.4 is 0 Å². The van der Waals surface area contributed by atoms with Gasteiger partial charge in [0.1, 0.15) is 4.08 Å². The van der Waals surface area contributed by atoms with Crippen molar-refractivity contribution < 1.29 is 4.79 Å². The Balaban J connectivity index is 1.72. The van der Waals surface area contributed by atoms with E-state index in [1.54, 1.807) is 0 Å². The number of rotatable bonds is 0. The maximum Gasteiger partial charge on any atom is 0.163 e. The number of carbonyl (C=O) groups excluding carboxylic acids is 1.